The molecule has 1 heterocycles. The Morgan fingerprint density at radius 2 is 1.77 bits per heavy atom. The fourth-order valence-corrected chi connectivity index (χ4v) is 4.50. The van der Waals surface area contributed by atoms with Gasteiger partial charge in [0, 0.05) is 19.4 Å². The number of aryl methyl sites for hydroxylation is 1. The largest absolute Gasteiger partial charge is 0.478 e. The smallest absolute Gasteiger partial charge is 0.335 e. The van der Waals surface area contributed by atoms with Crippen LogP contribution in [0, 0.1) is 6.92 Å². The van der Waals surface area contributed by atoms with Crippen LogP contribution in [0.5, 0.6) is 0 Å². The van der Waals surface area contributed by atoms with E-state index in [1.54, 1.807) is 30.3 Å². The maximum absolute atomic E-state index is 12.4. The first-order valence-corrected chi connectivity index (χ1v) is 12.0. The predicted octanol–water partition coefficient (Wildman–Crippen LogP) is 5.05. The van der Waals surface area contributed by atoms with Gasteiger partial charge in [-0.15, -0.1) is 0 Å². The van der Waals surface area contributed by atoms with E-state index in [0.717, 1.165) is 28.7 Å². The highest BCUT2D eigenvalue weighted by atomic mass is 16.4. The Bertz CT molecular complexity index is 1200. The van der Waals surface area contributed by atoms with Crippen LogP contribution in [0.1, 0.15) is 39.9 Å². The van der Waals surface area contributed by atoms with Crippen LogP contribution in [0.2, 0.25) is 0 Å². The summed E-state index contributed by atoms with van der Waals surface area (Å²) in [6, 6.07) is 23.4. The van der Waals surface area contributed by atoms with Crippen LogP contribution in [-0.2, 0) is 17.6 Å². The molecule has 3 aromatic carbocycles. The fourth-order valence-electron chi connectivity index (χ4n) is 4.50. The van der Waals surface area contributed by atoms with E-state index >= 15 is 0 Å². The maximum atomic E-state index is 12.4. The summed E-state index contributed by atoms with van der Waals surface area (Å²) in [5.41, 5.74) is 5.81. The summed E-state index contributed by atoms with van der Waals surface area (Å²) in [7, 11) is 0. The molecule has 5 heteroatoms. The Morgan fingerprint density at radius 1 is 1.03 bits per heavy atom. The van der Waals surface area contributed by atoms with Crippen molar-refractivity contribution in [3.63, 3.8) is 0 Å². The Hall–Kier alpha value is -3.70. The Morgan fingerprint density at radius 3 is 2.49 bits per heavy atom. The molecule has 5 nitrogen and oxygen atoms in total. The summed E-state index contributed by atoms with van der Waals surface area (Å²) >= 11 is 0. The number of carbonyl (C=O) groups is 2. The molecule has 4 rings (SSSR count). The monoisotopic (exact) mass is 469 g/mol. The third-order valence-corrected chi connectivity index (χ3v) is 6.53. The summed E-state index contributed by atoms with van der Waals surface area (Å²) in [6.45, 7) is 2.63. The molecular weight excluding hydrogens is 438 g/mol. The molecule has 35 heavy (non-hydrogen) atoms. The second-order valence-corrected chi connectivity index (χ2v) is 9.17. The number of likely N-dealkylation sites (tertiary alicyclic amines) is 1. The van der Waals surface area contributed by atoms with Crippen molar-refractivity contribution in [2.45, 2.75) is 44.8 Å². The van der Waals surface area contributed by atoms with Crippen molar-refractivity contribution < 1.29 is 19.8 Å². The summed E-state index contributed by atoms with van der Waals surface area (Å²) in [6.07, 6.45) is 5.52. The lowest BCUT2D eigenvalue weighted by atomic mass is 9.99. The highest BCUT2D eigenvalue weighted by molar-refractivity contribution is 5.87. The lowest BCUT2D eigenvalue weighted by Crippen LogP contribution is -2.33. The fraction of sp³-hybridized carbons (Fsp3) is 0.267. The van der Waals surface area contributed by atoms with Gasteiger partial charge in [0.15, 0.2) is 0 Å². The number of aliphatic hydroxyl groups excluding tert-OH is 1. The molecule has 180 valence electrons. The number of hydrogen-bond donors (Lipinski definition) is 2. The van der Waals surface area contributed by atoms with Gasteiger partial charge in [-0.25, -0.2) is 4.79 Å². The molecular formula is C30H31NO4. The standard InChI is InChI=1S/C30H31NO4/c1-21-5-9-24(10-6-21)26-4-2-3-23(19-26)20-28(32)15-13-27-14-16-29(33)31(27)18-17-22-7-11-25(12-8-22)30(34)35/h2-13,15,19,27-28,32H,14,16-18,20H2,1H3,(H,34,35)/t27-,28+/m0/s1. The van der Waals surface area contributed by atoms with Crippen molar-refractivity contribution in [1.29, 1.82) is 0 Å². The zero-order valence-corrected chi connectivity index (χ0v) is 19.9. The molecule has 0 radical (unpaired) electrons. The SMILES string of the molecule is Cc1ccc(-c2cccc(C[C@H](O)C=C[C@H]3CCC(=O)N3CCc3ccc(C(=O)O)cc3)c2)cc1. The number of rotatable bonds is 9. The molecule has 0 aromatic heterocycles. The minimum absolute atomic E-state index is 0.0330. The van der Waals surface area contributed by atoms with Crippen LogP contribution in [0.4, 0.5) is 0 Å². The Balaban J connectivity index is 1.35. The van der Waals surface area contributed by atoms with Crippen molar-refractivity contribution in [3.05, 3.63) is 107 Å². The summed E-state index contributed by atoms with van der Waals surface area (Å²) in [5, 5.41) is 19.7. The molecule has 3 aromatic rings. The first-order valence-electron chi connectivity index (χ1n) is 12.0. The van der Waals surface area contributed by atoms with Crippen molar-refractivity contribution in [2.24, 2.45) is 0 Å². The first kappa shape index (κ1) is 24.4. The van der Waals surface area contributed by atoms with Gasteiger partial charge in [-0.1, -0.05) is 78.4 Å². The molecule has 1 amide bonds. The molecule has 0 aliphatic carbocycles. The number of amides is 1. The van der Waals surface area contributed by atoms with Crippen molar-refractivity contribution in [1.82, 2.24) is 4.90 Å². The number of hydrogen-bond acceptors (Lipinski definition) is 3. The summed E-state index contributed by atoms with van der Waals surface area (Å²) in [5.74, 6) is -0.834. The summed E-state index contributed by atoms with van der Waals surface area (Å²) < 4.78 is 0. The number of carbonyl (C=O) groups excluding carboxylic acids is 1. The van der Waals surface area contributed by atoms with Gasteiger partial charge in [0.05, 0.1) is 17.7 Å². The van der Waals surface area contributed by atoms with E-state index in [1.165, 1.54) is 5.56 Å². The van der Waals surface area contributed by atoms with Crippen LogP contribution in [0.3, 0.4) is 0 Å². The molecule has 2 N–H and O–H groups in total. The van der Waals surface area contributed by atoms with Gasteiger partial charge in [-0.2, -0.15) is 0 Å². The van der Waals surface area contributed by atoms with Crippen molar-refractivity contribution in [3.8, 4) is 11.1 Å². The van der Waals surface area contributed by atoms with Crippen LogP contribution in [0.15, 0.2) is 84.9 Å². The van der Waals surface area contributed by atoms with Crippen LogP contribution in [-0.4, -0.2) is 45.7 Å². The zero-order chi connectivity index (χ0) is 24.8. The van der Waals surface area contributed by atoms with Crippen LogP contribution in [0.25, 0.3) is 11.1 Å². The molecule has 1 fully saturated rings. The minimum Gasteiger partial charge on any atom is -0.478 e. The second kappa shape index (κ2) is 11.2. The number of aliphatic hydroxyl groups is 1. The van der Waals surface area contributed by atoms with E-state index in [2.05, 4.69) is 43.3 Å². The minimum atomic E-state index is -0.947. The van der Waals surface area contributed by atoms with Gasteiger partial charge in [0.1, 0.15) is 0 Å². The average molecular weight is 470 g/mol. The molecule has 0 bridgehead atoms. The second-order valence-electron chi connectivity index (χ2n) is 9.17. The highest BCUT2D eigenvalue weighted by Crippen LogP contribution is 2.23. The van der Waals surface area contributed by atoms with E-state index in [0.29, 0.717) is 25.8 Å². The van der Waals surface area contributed by atoms with E-state index in [1.807, 2.05) is 23.1 Å². The van der Waals surface area contributed by atoms with Gasteiger partial charge in [-0.3, -0.25) is 4.79 Å². The number of carboxylic acid groups (broad SMARTS) is 1. The quantitative estimate of drug-likeness (QED) is 0.430. The van der Waals surface area contributed by atoms with Gasteiger partial charge in [-0.05, 0) is 54.2 Å². The van der Waals surface area contributed by atoms with Gasteiger partial charge in [0.25, 0.3) is 0 Å². The van der Waals surface area contributed by atoms with E-state index < -0.39 is 12.1 Å². The zero-order valence-electron chi connectivity index (χ0n) is 19.9. The number of carboxylic acids is 1. The van der Waals surface area contributed by atoms with Gasteiger partial charge in [0.2, 0.25) is 5.91 Å². The third-order valence-electron chi connectivity index (χ3n) is 6.53. The van der Waals surface area contributed by atoms with E-state index in [-0.39, 0.29) is 17.5 Å². The van der Waals surface area contributed by atoms with E-state index in [9.17, 15) is 14.7 Å². The topological polar surface area (TPSA) is 77.8 Å². The molecule has 0 spiro atoms. The summed E-state index contributed by atoms with van der Waals surface area (Å²) in [4.78, 5) is 25.3. The molecule has 0 unspecified atom stereocenters. The highest BCUT2D eigenvalue weighted by Gasteiger charge is 2.28. The average Bonchev–Trinajstić information content (AvgIpc) is 3.21. The maximum Gasteiger partial charge on any atom is 0.335 e. The van der Waals surface area contributed by atoms with Crippen molar-refractivity contribution in [2.75, 3.05) is 6.54 Å². The van der Waals surface area contributed by atoms with Gasteiger partial charge >= 0.3 is 5.97 Å². The molecule has 2 atom stereocenters. The Kier molecular flexibility index (Phi) is 7.78. The molecule has 1 aliphatic rings. The predicted molar refractivity (Wildman–Crippen MR) is 137 cm³/mol. The first-order chi connectivity index (χ1) is 16.9. The lowest BCUT2D eigenvalue weighted by Gasteiger charge is -2.23. The molecule has 1 saturated heterocycles. The van der Waals surface area contributed by atoms with Gasteiger partial charge < -0.3 is 15.1 Å². The van der Waals surface area contributed by atoms with Crippen LogP contribution < -0.4 is 0 Å². The third kappa shape index (κ3) is 6.46. The number of aromatic carboxylic acids is 1. The van der Waals surface area contributed by atoms with Crippen molar-refractivity contribution >= 4 is 11.9 Å². The molecule has 1 aliphatic heterocycles. The molecule has 0 saturated carbocycles. The Labute approximate surface area is 206 Å². The number of nitrogens with zero attached hydrogens (tertiary/aromatic N) is 1. The normalized spacial score (nSPS) is 16.7. The van der Waals surface area contributed by atoms with Crippen LogP contribution >= 0.6 is 0 Å². The number of benzene rings is 3. The van der Waals surface area contributed by atoms with E-state index in [4.69, 9.17) is 5.11 Å². The lowest BCUT2D eigenvalue weighted by molar-refractivity contribution is -0.128.